The van der Waals surface area contributed by atoms with Crippen LogP contribution in [0.3, 0.4) is 0 Å². The van der Waals surface area contributed by atoms with Gasteiger partial charge in [0, 0.05) is 47.8 Å². The number of carbonyl (C=O) groups is 2. The minimum Gasteiger partial charge on any atom is -0.493 e. The molecule has 1 aromatic carbocycles. The Balaban J connectivity index is 1.93. The average Bonchev–Trinajstić information content (AvgIpc) is 2.85. The van der Waals surface area contributed by atoms with Crippen LogP contribution in [0.4, 0.5) is 0 Å². The molecule has 2 amide bonds. The van der Waals surface area contributed by atoms with Crippen molar-refractivity contribution in [3.8, 4) is 11.8 Å². The Morgan fingerprint density at radius 2 is 1.76 bits per heavy atom. The van der Waals surface area contributed by atoms with Crippen LogP contribution in [0.15, 0.2) is 18.2 Å². The number of methoxy groups -OCH3 is 2. The molecule has 2 heterocycles. The van der Waals surface area contributed by atoms with Crippen LogP contribution >= 0.6 is 0 Å². The number of nitrogens with zero attached hydrogens (tertiary/aromatic N) is 3. The lowest BCUT2D eigenvalue weighted by atomic mass is 9.97. The van der Waals surface area contributed by atoms with Gasteiger partial charge in [-0.3, -0.25) is 9.59 Å². The zero-order valence-corrected chi connectivity index (χ0v) is 20.7. The molecule has 9 heteroatoms. The second kappa shape index (κ2) is 11.6. The van der Waals surface area contributed by atoms with Crippen molar-refractivity contribution in [1.82, 2.24) is 9.80 Å². The van der Waals surface area contributed by atoms with Gasteiger partial charge in [-0.25, -0.2) is 0 Å². The summed E-state index contributed by atoms with van der Waals surface area (Å²) in [6.45, 7) is 2.77. The quantitative estimate of drug-likeness (QED) is 0.648. The molecule has 0 aliphatic carbocycles. The molecule has 0 N–H and O–H groups in total. The lowest BCUT2D eigenvalue weighted by Gasteiger charge is -2.38. The Hall–Kier alpha value is -2.67. The molecule has 2 aliphatic heterocycles. The van der Waals surface area contributed by atoms with Gasteiger partial charge in [0.15, 0.2) is 0 Å². The molecule has 0 saturated carbocycles. The second-order valence-corrected chi connectivity index (χ2v) is 9.08. The van der Waals surface area contributed by atoms with E-state index in [0.717, 1.165) is 12.8 Å². The Kier molecular flexibility index (Phi) is 8.89. The molecule has 0 aromatic heterocycles. The summed E-state index contributed by atoms with van der Waals surface area (Å²) in [5.74, 6) is -0.454. The standard InChI is InChI=1S/C25H35N3O6/c1-16-22(32-5)14-28(3)25(30)19-12-17(13-26)6-8-20(19)33-11-10-18-7-9-21(31-4)23(34-18)15-27(2)24(16)29/h6,8,12,16,18,21-23H,7,9-11,14-15H2,1-5H3/t16-,18-,21+,22-,23-/m1/s1. The Labute approximate surface area is 201 Å². The van der Waals surface area contributed by atoms with Gasteiger partial charge in [0.1, 0.15) is 11.9 Å². The molecule has 2 aliphatic rings. The molecule has 0 spiro atoms. The Morgan fingerprint density at radius 1 is 1.03 bits per heavy atom. The van der Waals surface area contributed by atoms with Gasteiger partial charge in [-0.15, -0.1) is 0 Å². The number of ether oxygens (including phenoxy) is 4. The van der Waals surface area contributed by atoms with Crippen molar-refractivity contribution in [2.45, 2.75) is 50.6 Å². The highest BCUT2D eigenvalue weighted by atomic mass is 16.5. The van der Waals surface area contributed by atoms with Crippen LogP contribution in [0.1, 0.15) is 42.1 Å². The van der Waals surface area contributed by atoms with Crippen molar-refractivity contribution in [2.75, 3.05) is 48.0 Å². The molecule has 3 rings (SSSR count). The van der Waals surface area contributed by atoms with Gasteiger partial charge in [0.25, 0.3) is 5.91 Å². The summed E-state index contributed by atoms with van der Waals surface area (Å²) in [5, 5.41) is 9.33. The van der Waals surface area contributed by atoms with Gasteiger partial charge in [-0.1, -0.05) is 6.92 Å². The summed E-state index contributed by atoms with van der Waals surface area (Å²) in [6.07, 6.45) is 1.39. The first-order valence-corrected chi connectivity index (χ1v) is 11.7. The third kappa shape index (κ3) is 5.87. The summed E-state index contributed by atoms with van der Waals surface area (Å²) >= 11 is 0. The lowest BCUT2D eigenvalue weighted by molar-refractivity contribution is -0.154. The van der Waals surface area contributed by atoms with E-state index < -0.39 is 12.0 Å². The van der Waals surface area contributed by atoms with Crippen LogP contribution in [0.2, 0.25) is 0 Å². The van der Waals surface area contributed by atoms with Crippen LogP contribution in [0, 0.1) is 17.2 Å². The third-order valence-corrected chi connectivity index (χ3v) is 6.77. The van der Waals surface area contributed by atoms with E-state index in [1.165, 1.54) is 18.1 Å². The van der Waals surface area contributed by atoms with Crippen molar-refractivity contribution >= 4 is 11.8 Å². The van der Waals surface area contributed by atoms with Crippen molar-refractivity contribution in [3.63, 3.8) is 0 Å². The average molecular weight is 474 g/mol. The smallest absolute Gasteiger partial charge is 0.257 e. The van der Waals surface area contributed by atoms with Gasteiger partial charge in [0.2, 0.25) is 5.91 Å². The first-order valence-electron chi connectivity index (χ1n) is 11.7. The van der Waals surface area contributed by atoms with E-state index >= 15 is 0 Å². The summed E-state index contributed by atoms with van der Waals surface area (Å²) in [4.78, 5) is 29.7. The molecular formula is C25H35N3O6. The summed E-state index contributed by atoms with van der Waals surface area (Å²) in [7, 11) is 6.61. The predicted octanol–water partition coefficient (Wildman–Crippen LogP) is 2.08. The minimum absolute atomic E-state index is 0.0443. The first kappa shape index (κ1) is 25.9. The lowest BCUT2D eigenvalue weighted by Crippen LogP contribution is -2.50. The predicted molar refractivity (Wildman–Crippen MR) is 125 cm³/mol. The van der Waals surface area contributed by atoms with Crippen molar-refractivity contribution in [3.05, 3.63) is 29.3 Å². The fraction of sp³-hybridized carbons (Fsp3) is 0.640. The molecule has 34 heavy (non-hydrogen) atoms. The maximum absolute atomic E-state index is 13.3. The molecule has 0 unspecified atom stereocenters. The van der Waals surface area contributed by atoms with Gasteiger partial charge < -0.3 is 28.7 Å². The minimum atomic E-state index is -0.515. The zero-order valence-electron chi connectivity index (χ0n) is 20.7. The number of rotatable bonds is 2. The first-order chi connectivity index (χ1) is 16.3. The maximum Gasteiger partial charge on any atom is 0.257 e. The van der Waals surface area contributed by atoms with Crippen molar-refractivity contribution < 1.29 is 28.5 Å². The fourth-order valence-electron chi connectivity index (χ4n) is 4.64. The SMILES string of the molecule is CO[C@H]1CC[C@@H]2CCOc3ccc(C#N)cc3C(=O)N(C)C[C@@H](OC)[C@@H](C)C(=O)N(C)C[C@H]1O2. The summed E-state index contributed by atoms with van der Waals surface area (Å²) in [6, 6.07) is 6.90. The highest BCUT2D eigenvalue weighted by Gasteiger charge is 2.35. The third-order valence-electron chi connectivity index (χ3n) is 6.77. The summed E-state index contributed by atoms with van der Waals surface area (Å²) in [5.41, 5.74) is 0.678. The molecule has 2 bridgehead atoms. The number of hydrogen-bond donors (Lipinski definition) is 0. The highest BCUT2D eigenvalue weighted by molar-refractivity contribution is 5.97. The Morgan fingerprint density at radius 3 is 2.44 bits per heavy atom. The number of carbonyl (C=O) groups excluding carboxylic acids is 2. The molecule has 186 valence electrons. The maximum atomic E-state index is 13.3. The van der Waals surface area contributed by atoms with E-state index in [-0.39, 0.29) is 36.7 Å². The second-order valence-electron chi connectivity index (χ2n) is 9.08. The van der Waals surface area contributed by atoms with E-state index in [0.29, 0.717) is 36.4 Å². The largest absolute Gasteiger partial charge is 0.493 e. The van der Waals surface area contributed by atoms with Crippen molar-refractivity contribution in [1.29, 1.82) is 5.26 Å². The van der Waals surface area contributed by atoms with Crippen LogP contribution in [0.5, 0.6) is 5.75 Å². The monoisotopic (exact) mass is 473 g/mol. The van der Waals surface area contributed by atoms with Crippen LogP contribution in [-0.2, 0) is 19.0 Å². The molecule has 1 saturated heterocycles. The fourth-order valence-corrected chi connectivity index (χ4v) is 4.64. The van der Waals surface area contributed by atoms with Gasteiger partial charge in [-0.2, -0.15) is 5.26 Å². The molecule has 9 nitrogen and oxygen atoms in total. The number of likely N-dealkylation sites (N-methyl/N-ethyl adjacent to an activating group) is 2. The van der Waals surface area contributed by atoms with Crippen LogP contribution in [-0.4, -0.2) is 94.0 Å². The van der Waals surface area contributed by atoms with E-state index in [9.17, 15) is 14.9 Å². The summed E-state index contributed by atoms with van der Waals surface area (Å²) < 4.78 is 23.6. The van der Waals surface area contributed by atoms with E-state index in [4.69, 9.17) is 18.9 Å². The number of nitriles is 1. The number of hydrogen-bond acceptors (Lipinski definition) is 7. The Bertz CT molecular complexity index is 916. The van der Waals surface area contributed by atoms with Crippen LogP contribution in [0.25, 0.3) is 0 Å². The molecule has 0 radical (unpaired) electrons. The number of amides is 2. The molecular weight excluding hydrogens is 438 g/mol. The van der Waals surface area contributed by atoms with E-state index in [1.807, 2.05) is 0 Å². The number of fused-ring (bicyclic) bond motifs is 3. The van der Waals surface area contributed by atoms with Gasteiger partial charge in [0.05, 0.1) is 48.0 Å². The van der Waals surface area contributed by atoms with Crippen LogP contribution < -0.4 is 4.74 Å². The molecule has 1 aromatic rings. The highest BCUT2D eigenvalue weighted by Crippen LogP contribution is 2.27. The topological polar surface area (TPSA) is 101 Å². The van der Waals surface area contributed by atoms with E-state index in [1.54, 1.807) is 45.2 Å². The van der Waals surface area contributed by atoms with E-state index in [2.05, 4.69) is 6.07 Å². The number of benzene rings is 1. The zero-order chi connectivity index (χ0) is 24.8. The molecule has 1 fully saturated rings. The van der Waals surface area contributed by atoms with Gasteiger partial charge >= 0.3 is 0 Å². The molecule has 5 atom stereocenters. The normalized spacial score (nSPS) is 29.2. The van der Waals surface area contributed by atoms with Crippen molar-refractivity contribution in [2.24, 2.45) is 5.92 Å². The van der Waals surface area contributed by atoms with Gasteiger partial charge in [-0.05, 0) is 31.0 Å².